The summed E-state index contributed by atoms with van der Waals surface area (Å²) in [5, 5.41) is 15.0. The Hall–Kier alpha value is -2.58. The van der Waals surface area contributed by atoms with Crippen LogP contribution >= 0.6 is 15.9 Å². The molecule has 0 spiro atoms. The molecule has 26 heavy (non-hydrogen) atoms. The van der Waals surface area contributed by atoms with Crippen LogP contribution in [0.5, 0.6) is 0 Å². The van der Waals surface area contributed by atoms with Crippen molar-refractivity contribution in [1.82, 2.24) is 5.32 Å². The standard InChI is InChI=1S/C21H22BrN3O/c1-2-3-6-16-9-11-19(12-10-16)25-21(26)18(13-23)15-24-14-17-7-4-5-8-20(17)22/h4-5,7-12,15,24H,2-3,6,14H2,1H3,(H,25,26)/b18-15-. The molecule has 2 N–H and O–H groups in total. The van der Waals surface area contributed by atoms with Gasteiger partial charge in [-0.1, -0.05) is 59.6 Å². The molecule has 0 atom stereocenters. The molecule has 0 aromatic heterocycles. The van der Waals surface area contributed by atoms with E-state index in [0.717, 1.165) is 29.3 Å². The highest BCUT2D eigenvalue weighted by Gasteiger charge is 2.09. The molecule has 0 bridgehead atoms. The van der Waals surface area contributed by atoms with Gasteiger partial charge in [0.2, 0.25) is 0 Å². The molecule has 1 amide bonds. The lowest BCUT2D eigenvalue weighted by atomic mass is 10.1. The molecule has 134 valence electrons. The van der Waals surface area contributed by atoms with Crippen molar-refractivity contribution in [2.24, 2.45) is 0 Å². The first-order valence-electron chi connectivity index (χ1n) is 8.61. The summed E-state index contributed by atoms with van der Waals surface area (Å²) < 4.78 is 0.979. The van der Waals surface area contributed by atoms with Crippen LogP contribution in [0.15, 0.2) is 64.8 Å². The average molecular weight is 412 g/mol. The number of unbranched alkanes of at least 4 members (excludes halogenated alkanes) is 1. The van der Waals surface area contributed by atoms with E-state index in [0.29, 0.717) is 12.2 Å². The molecule has 0 heterocycles. The summed E-state index contributed by atoms with van der Waals surface area (Å²) in [5.74, 6) is -0.423. The van der Waals surface area contributed by atoms with Crippen LogP contribution in [0.25, 0.3) is 0 Å². The Balaban J connectivity index is 1.93. The Bertz CT molecular complexity index is 807. The summed E-state index contributed by atoms with van der Waals surface area (Å²) in [5.41, 5.74) is 3.01. The Labute approximate surface area is 163 Å². The number of nitriles is 1. The average Bonchev–Trinajstić information content (AvgIpc) is 2.66. The van der Waals surface area contributed by atoms with Gasteiger partial charge in [0, 0.05) is 22.9 Å². The molecule has 0 fully saturated rings. The van der Waals surface area contributed by atoms with Crippen molar-refractivity contribution in [3.63, 3.8) is 0 Å². The van der Waals surface area contributed by atoms with Gasteiger partial charge in [0.05, 0.1) is 0 Å². The first-order valence-corrected chi connectivity index (χ1v) is 9.40. The van der Waals surface area contributed by atoms with Crippen LogP contribution in [0, 0.1) is 11.3 Å². The predicted molar refractivity (Wildman–Crippen MR) is 108 cm³/mol. The van der Waals surface area contributed by atoms with Crippen molar-refractivity contribution in [1.29, 1.82) is 5.26 Å². The summed E-state index contributed by atoms with van der Waals surface area (Å²) in [6, 6.07) is 17.5. The number of carbonyl (C=O) groups excluding carboxylic acids is 1. The maximum absolute atomic E-state index is 12.3. The number of benzene rings is 2. The minimum absolute atomic E-state index is 0.0344. The molecular weight excluding hydrogens is 390 g/mol. The molecule has 0 aliphatic carbocycles. The quantitative estimate of drug-likeness (QED) is 0.478. The number of hydrogen-bond acceptors (Lipinski definition) is 3. The molecule has 0 saturated heterocycles. The SMILES string of the molecule is CCCCc1ccc(NC(=O)/C(C#N)=C\NCc2ccccc2Br)cc1. The lowest BCUT2D eigenvalue weighted by Gasteiger charge is -2.07. The maximum Gasteiger partial charge on any atom is 0.267 e. The number of nitrogens with one attached hydrogen (secondary N) is 2. The number of nitrogens with zero attached hydrogens (tertiary/aromatic N) is 1. The molecule has 0 unspecified atom stereocenters. The Morgan fingerprint density at radius 1 is 1.19 bits per heavy atom. The van der Waals surface area contributed by atoms with Gasteiger partial charge in [0.15, 0.2) is 0 Å². The Morgan fingerprint density at radius 3 is 2.58 bits per heavy atom. The molecule has 2 aromatic carbocycles. The first kappa shape index (κ1) is 19.7. The molecule has 0 radical (unpaired) electrons. The number of carbonyl (C=O) groups is 1. The highest BCUT2D eigenvalue weighted by atomic mass is 79.9. The normalized spacial score (nSPS) is 10.9. The minimum atomic E-state index is -0.423. The summed E-state index contributed by atoms with van der Waals surface area (Å²) in [6.07, 6.45) is 4.79. The number of amides is 1. The van der Waals surface area contributed by atoms with Gasteiger partial charge >= 0.3 is 0 Å². The number of anilines is 1. The maximum atomic E-state index is 12.3. The van der Waals surface area contributed by atoms with Crippen LogP contribution in [0.3, 0.4) is 0 Å². The zero-order valence-corrected chi connectivity index (χ0v) is 16.3. The first-order chi connectivity index (χ1) is 12.6. The van der Waals surface area contributed by atoms with E-state index in [-0.39, 0.29) is 5.57 Å². The molecule has 2 rings (SSSR count). The van der Waals surface area contributed by atoms with Gasteiger partial charge in [-0.2, -0.15) is 5.26 Å². The summed E-state index contributed by atoms with van der Waals surface area (Å²) >= 11 is 3.47. The molecule has 0 aliphatic rings. The predicted octanol–water partition coefficient (Wildman–Crippen LogP) is 4.93. The van der Waals surface area contributed by atoms with Gasteiger partial charge < -0.3 is 10.6 Å². The van der Waals surface area contributed by atoms with Gasteiger partial charge in [-0.3, -0.25) is 4.79 Å². The number of hydrogen-bond donors (Lipinski definition) is 2. The van der Waals surface area contributed by atoms with Crippen molar-refractivity contribution in [2.45, 2.75) is 32.7 Å². The van der Waals surface area contributed by atoms with Crippen LogP contribution in [-0.4, -0.2) is 5.91 Å². The smallest absolute Gasteiger partial charge is 0.267 e. The van der Waals surface area contributed by atoms with Crippen molar-refractivity contribution < 1.29 is 4.79 Å². The third kappa shape index (κ3) is 6.05. The number of halogens is 1. The van der Waals surface area contributed by atoms with Crippen molar-refractivity contribution in [3.05, 3.63) is 75.9 Å². The fraction of sp³-hybridized carbons (Fsp3) is 0.238. The minimum Gasteiger partial charge on any atom is -0.386 e. The van der Waals surface area contributed by atoms with Crippen molar-refractivity contribution in [2.75, 3.05) is 5.32 Å². The second-order valence-electron chi connectivity index (χ2n) is 5.90. The van der Waals surface area contributed by atoms with E-state index in [2.05, 4.69) is 33.5 Å². The molecule has 0 saturated carbocycles. The van der Waals surface area contributed by atoms with Crippen LogP contribution in [0.2, 0.25) is 0 Å². The Morgan fingerprint density at radius 2 is 1.92 bits per heavy atom. The van der Waals surface area contributed by atoms with Gasteiger partial charge in [-0.25, -0.2) is 0 Å². The van der Waals surface area contributed by atoms with Crippen molar-refractivity contribution >= 4 is 27.5 Å². The highest BCUT2D eigenvalue weighted by Crippen LogP contribution is 2.15. The number of aryl methyl sites for hydroxylation is 1. The fourth-order valence-electron chi connectivity index (χ4n) is 2.39. The summed E-state index contributed by atoms with van der Waals surface area (Å²) in [7, 11) is 0. The molecule has 0 aliphatic heterocycles. The monoisotopic (exact) mass is 411 g/mol. The summed E-state index contributed by atoms with van der Waals surface area (Å²) in [6.45, 7) is 2.68. The lowest BCUT2D eigenvalue weighted by molar-refractivity contribution is -0.112. The number of rotatable bonds is 8. The van der Waals surface area contributed by atoms with E-state index in [1.54, 1.807) is 0 Å². The molecular formula is C21H22BrN3O. The van der Waals surface area contributed by atoms with Crippen LogP contribution in [0.1, 0.15) is 30.9 Å². The van der Waals surface area contributed by atoms with E-state index < -0.39 is 5.91 Å². The molecule has 4 nitrogen and oxygen atoms in total. The third-order valence-electron chi connectivity index (χ3n) is 3.89. The van der Waals surface area contributed by atoms with E-state index in [1.807, 2.05) is 54.6 Å². The zero-order chi connectivity index (χ0) is 18.8. The van der Waals surface area contributed by atoms with Crippen molar-refractivity contribution in [3.8, 4) is 6.07 Å². The largest absolute Gasteiger partial charge is 0.386 e. The molecule has 5 heteroatoms. The summed E-state index contributed by atoms with van der Waals surface area (Å²) in [4.78, 5) is 12.3. The van der Waals surface area contributed by atoms with Gasteiger partial charge in [0.25, 0.3) is 5.91 Å². The fourth-order valence-corrected chi connectivity index (χ4v) is 2.81. The van der Waals surface area contributed by atoms with E-state index in [4.69, 9.17) is 0 Å². The van der Waals surface area contributed by atoms with Gasteiger partial charge in [-0.15, -0.1) is 0 Å². The second kappa shape index (κ2) is 10.4. The van der Waals surface area contributed by atoms with Gasteiger partial charge in [0.1, 0.15) is 11.6 Å². The van der Waals surface area contributed by atoms with Gasteiger partial charge in [-0.05, 0) is 42.2 Å². The lowest BCUT2D eigenvalue weighted by Crippen LogP contribution is -2.16. The second-order valence-corrected chi connectivity index (χ2v) is 6.75. The third-order valence-corrected chi connectivity index (χ3v) is 4.67. The topological polar surface area (TPSA) is 64.9 Å². The zero-order valence-electron chi connectivity index (χ0n) is 14.8. The van der Waals surface area contributed by atoms with Crippen LogP contribution in [0.4, 0.5) is 5.69 Å². The van der Waals surface area contributed by atoms with E-state index >= 15 is 0 Å². The van der Waals surface area contributed by atoms with E-state index in [9.17, 15) is 10.1 Å². The van der Waals surface area contributed by atoms with E-state index in [1.165, 1.54) is 11.8 Å². The Kier molecular flexibility index (Phi) is 7.91. The highest BCUT2D eigenvalue weighted by molar-refractivity contribution is 9.10. The van der Waals surface area contributed by atoms with Crippen LogP contribution in [-0.2, 0) is 17.8 Å². The van der Waals surface area contributed by atoms with Crippen LogP contribution < -0.4 is 10.6 Å². The molecule has 2 aromatic rings.